The van der Waals surface area contributed by atoms with Crippen LogP contribution < -0.4 is 0 Å². The Morgan fingerprint density at radius 1 is 0.787 bits per heavy atom. The van der Waals surface area contributed by atoms with E-state index in [1.54, 1.807) is 6.20 Å². The zero-order valence-electron chi connectivity index (χ0n) is 23.7. The van der Waals surface area contributed by atoms with Gasteiger partial charge in [-0.1, -0.05) is 12.1 Å². The van der Waals surface area contributed by atoms with E-state index < -0.39 is 36.4 Å². The molecule has 0 spiro atoms. The Hall–Kier alpha value is -4.79. The van der Waals surface area contributed by atoms with Gasteiger partial charge in [0.05, 0.1) is 24.6 Å². The smallest absolute Gasteiger partial charge is 0.475 e. The van der Waals surface area contributed by atoms with Crippen molar-refractivity contribution in [2.75, 3.05) is 13.2 Å². The molecule has 0 aliphatic carbocycles. The molecule has 1 atom stereocenters. The molecule has 0 fully saturated rings. The summed E-state index contributed by atoms with van der Waals surface area (Å²) in [5, 5.41) is 25.9. The van der Waals surface area contributed by atoms with Crippen molar-refractivity contribution >= 4 is 17.9 Å². The third kappa shape index (κ3) is 16.9. The molecule has 0 aromatic carbocycles. The number of nitrogens with zero attached hydrogens (tertiary/aromatic N) is 5. The van der Waals surface area contributed by atoms with Crippen molar-refractivity contribution in [3.05, 3.63) is 78.1 Å². The first kappa shape index (κ1) is 40.2. The molecule has 0 saturated carbocycles. The SMILES string of the molecule is O=C(O)C(F)(F)F.O=C(O)C(F)(F)F.O=C(O)C(F)(F)F.c1ccc(COCC2CN(Cc3cccnc3)Cc3ccnn3C2)nc1. The van der Waals surface area contributed by atoms with E-state index in [9.17, 15) is 39.5 Å². The summed E-state index contributed by atoms with van der Waals surface area (Å²) >= 11 is 0. The number of halogens is 9. The van der Waals surface area contributed by atoms with Gasteiger partial charge < -0.3 is 20.1 Å². The second-order valence-corrected chi connectivity index (χ2v) is 9.15. The van der Waals surface area contributed by atoms with Gasteiger partial charge in [-0.15, -0.1) is 0 Å². The summed E-state index contributed by atoms with van der Waals surface area (Å²) in [6.07, 6.45) is -7.81. The van der Waals surface area contributed by atoms with Crippen molar-refractivity contribution in [3.8, 4) is 0 Å². The predicted molar refractivity (Wildman–Crippen MR) is 139 cm³/mol. The minimum absolute atomic E-state index is 0.386. The first-order chi connectivity index (χ1) is 21.7. The molecule has 47 heavy (non-hydrogen) atoms. The van der Waals surface area contributed by atoms with E-state index in [4.69, 9.17) is 34.4 Å². The molecule has 3 aromatic heterocycles. The molecule has 0 amide bonds. The standard InChI is InChI=1S/C20H23N5O.3C2HF3O2/c1-2-8-22-19(5-1)16-26-15-18-12-24(11-17-4-3-7-21-10-17)14-20-6-9-23-25(20)13-18;3*3-2(4,5)1(6)7/h1-10,18H,11-16H2;3*(H,6,7). The van der Waals surface area contributed by atoms with Crippen LogP contribution in [0.5, 0.6) is 0 Å². The van der Waals surface area contributed by atoms with Gasteiger partial charge in [0, 0.05) is 56.9 Å². The largest absolute Gasteiger partial charge is 0.490 e. The third-order valence-electron chi connectivity index (χ3n) is 5.32. The lowest BCUT2D eigenvalue weighted by Gasteiger charge is -2.23. The number of pyridine rings is 2. The van der Waals surface area contributed by atoms with Gasteiger partial charge in [0.15, 0.2) is 0 Å². The maximum Gasteiger partial charge on any atom is 0.490 e. The Kier molecular flexibility index (Phi) is 15.7. The van der Waals surface area contributed by atoms with Crippen LogP contribution in [0.25, 0.3) is 0 Å². The Bertz CT molecular complexity index is 1330. The third-order valence-corrected chi connectivity index (χ3v) is 5.32. The van der Waals surface area contributed by atoms with Gasteiger partial charge >= 0.3 is 36.4 Å². The van der Waals surface area contributed by atoms with E-state index in [0.29, 0.717) is 19.1 Å². The molecule has 1 aliphatic rings. The molecule has 4 heterocycles. The van der Waals surface area contributed by atoms with E-state index in [2.05, 4.69) is 36.8 Å². The maximum absolute atomic E-state index is 10.6. The highest BCUT2D eigenvalue weighted by molar-refractivity contribution is 5.73. The first-order valence-electron chi connectivity index (χ1n) is 12.7. The molecule has 1 aliphatic heterocycles. The fourth-order valence-corrected chi connectivity index (χ4v) is 3.41. The van der Waals surface area contributed by atoms with E-state index in [1.807, 2.05) is 42.9 Å². The molecule has 260 valence electrons. The molecule has 12 nitrogen and oxygen atoms in total. The summed E-state index contributed by atoms with van der Waals surface area (Å²) in [7, 11) is 0. The van der Waals surface area contributed by atoms with Crippen molar-refractivity contribution < 1.29 is 74.0 Å². The molecular weight excluding hydrogens is 665 g/mol. The van der Waals surface area contributed by atoms with Crippen LogP contribution in [-0.2, 0) is 45.4 Å². The molecule has 0 bridgehead atoms. The van der Waals surface area contributed by atoms with Gasteiger partial charge in [-0.05, 0) is 29.8 Å². The van der Waals surface area contributed by atoms with E-state index in [1.165, 1.54) is 11.3 Å². The number of ether oxygens (including phenoxy) is 1. The summed E-state index contributed by atoms with van der Waals surface area (Å²) in [4.78, 5) is 37.7. The summed E-state index contributed by atoms with van der Waals surface area (Å²) in [6, 6.07) is 12.1. The number of carbonyl (C=O) groups is 3. The fourth-order valence-electron chi connectivity index (χ4n) is 3.41. The average Bonchev–Trinajstić information content (AvgIpc) is 3.32. The molecule has 3 N–H and O–H groups in total. The number of aromatic nitrogens is 4. The Labute approximate surface area is 259 Å². The van der Waals surface area contributed by atoms with Gasteiger partial charge in [-0.25, -0.2) is 14.4 Å². The normalized spacial score (nSPS) is 14.8. The second-order valence-electron chi connectivity index (χ2n) is 9.15. The van der Waals surface area contributed by atoms with Crippen LogP contribution in [-0.4, -0.2) is 89.6 Å². The average molecular weight is 692 g/mol. The molecule has 1 unspecified atom stereocenters. The zero-order chi connectivity index (χ0) is 35.8. The lowest BCUT2D eigenvalue weighted by atomic mass is 10.1. The van der Waals surface area contributed by atoms with E-state index >= 15 is 0 Å². The Morgan fingerprint density at radius 2 is 1.36 bits per heavy atom. The highest BCUT2D eigenvalue weighted by atomic mass is 19.4. The van der Waals surface area contributed by atoms with Crippen LogP contribution in [0.4, 0.5) is 39.5 Å². The highest BCUT2D eigenvalue weighted by Gasteiger charge is 2.39. The minimum atomic E-state index is -5.08. The van der Waals surface area contributed by atoms with Crippen molar-refractivity contribution in [2.45, 2.75) is 44.8 Å². The summed E-state index contributed by atoms with van der Waals surface area (Å²) in [6.45, 7) is 4.88. The number of fused-ring (bicyclic) bond motifs is 1. The number of aliphatic carboxylic acids is 3. The van der Waals surface area contributed by atoms with E-state index in [-0.39, 0.29) is 0 Å². The van der Waals surface area contributed by atoms with Crippen LogP contribution in [0.1, 0.15) is 17.0 Å². The fraction of sp³-hybridized carbons (Fsp3) is 0.385. The number of hydrogen-bond acceptors (Lipinski definition) is 8. The molecule has 0 saturated heterocycles. The van der Waals surface area contributed by atoms with Crippen LogP contribution in [0, 0.1) is 5.92 Å². The first-order valence-corrected chi connectivity index (χ1v) is 12.7. The topological polar surface area (TPSA) is 168 Å². The van der Waals surface area contributed by atoms with Crippen LogP contribution in [0.2, 0.25) is 0 Å². The number of hydrogen-bond donors (Lipinski definition) is 3. The molecule has 21 heteroatoms. The van der Waals surface area contributed by atoms with Gasteiger partial charge in [0.2, 0.25) is 0 Å². The zero-order valence-corrected chi connectivity index (χ0v) is 23.7. The number of rotatable bonds is 6. The van der Waals surface area contributed by atoms with Crippen molar-refractivity contribution in [2.24, 2.45) is 5.92 Å². The van der Waals surface area contributed by atoms with Crippen molar-refractivity contribution in [1.82, 2.24) is 24.6 Å². The molecule has 4 rings (SSSR count). The van der Waals surface area contributed by atoms with Crippen molar-refractivity contribution in [1.29, 1.82) is 0 Å². The number of carboxylic acid groups (broad SMARTS) is 3. The summed E-state index contributed by atoms with van der Waals surface area (Å²) in [5.74, 6) is -7.89. The Balaban J connectivity index is 0.000000430. The van der Waals surface area contributed by atoms with Crippen LogP contribution in [0.15, 0.2) is 61.2 Å². The van der Waals surface area contributed by atoms with Crippen molar-refractivity contribution in [3.63, 3.8) is 0 Å². The summed E-state index contributed by atoms with van der Waals surface area (Å²) in [5.41, 5.74) is 3.45. The predicted octanol–water partition coefficient (Wildman–Crippen LogP) is 4.42. The summed E-state index contributed by atoms with van der Waals surface area (Å²) < 4.78 is 103. The number of alkyl halides is 9. The lowest BCUT2D eigenvalue weighted by Crippen LogP contribution is -2.30. The number of carboxylic acids is 3. The monoisotopic (exact) mass is 691 g/mol. The molecule has 3 aromatic rings. The lowest BCUT2D eigenvalue weighted by molar-refractivity contribution is -0.193. The van der Waals surface area contributed by atoms with Gasteiger partial charge in [-0.3, -0.25) is 19.5 Å². The van der Waals surface area contributed by atoms with Gasteiger partial charge in [0.25, 0.3) is 0 Å². The maximum atomic E-state index is 10.6. The second kappa shape index (κ2) is 18.4. The van der Waals surface area contributed by atoms with Crippen LogP contribution in [0.3, 0.4) is 0 Å². The highest BCUT2D eigenvalue weighted by Crippen LogP contribution is 2.19. The van der Waals surface area contributed by atoms with Crippen LogP contribution >= 0.6 is 0 Å². The van der Waals surface area contributed by atoms with E-state index in [0.717, 1.165) is 31.9 Å². The Morgan fingerprint density at radius 3 is 1.83 bits per heavy atom. The van der Waals surface area contributed by atoms with Gasteiger partial charge in [0.1, 0.15) is 0 Å². The molecule has 0 radical (unpaired) electrons. The molecular formula is C26H26F9N5O7. The van der Waals surface area contributed by atoms with Gasteiger partial charge in [-0.2, -0.15) is 44.6 Å². The quantitative estimate of drug-likeness (QED) is 0.313. The minimum Gasteiger partial charge on any atom is -0.475 e.